The lowest BCUT2D eigenvalue weighted by Gasteiger charge is -2.32. The molecule has 0 N–H and O–H groups in total. The van der Waals surface area contributed by atoms with E-state index >= 15 is 0 Å². The number of piperidine rings is 1. The second kappa shape index (κ2) is 8.25. The summed E-state index contributed by atoms with van der Waals surface area (Å²) in [6, 6.07) is 3.99. The molecular weight excluding hydrogens is 344 g/mol. The summed E-state index contributed by atoms with van der Waals surface area (Å²) in [5.41, 5.74) is 1.12. The summed E-state index contributed by atoms with van der Waals surface area (Å²) in [7, 11) is 3.98. The van der Waals surface area contributed by atoms with Gasteiger partial charge in [0.15, 0.2) is 5.13 Å². The molecule has 3 heterocycles. The first-order valence-corrected chi connectivity index (χ1v) is 9.36. The second-order valence-electron chi connectivity index (χ2n) is 6.28. The predicted molar refractivity (Wildman–Crippen MR) is 98.8 cm³/mol. The van der Waals surface area contributed by atoms with Crippen LogP contribution < -0.4 is 4.90 Å². The summed E-state index contributed by atoms with van der Waals surface area (Å²) >= 11 is 7.96. The number of pyridine rings is 1. The average Bonchev–Trinajstić information content (AvgIpc) is 2.95. The number of halogens is 1. The van der Waals surface area contributed by atoms with Gasteiger partial charge >= 0.3 is 0 Å². The molecule has 0 saturated carbocycles. The smallest absolute Gasteiger partial charge is 0.186 e. The Labute approximate surface area is 152 Å². The Balaban J connectivity index is 1.54. The fourth-order valence-electron chi connectivity index (χ4n) is 2.80. The lowest BCUT2D eigenvalue weighted by atomic mass is 10.1. The van der Waals surface area contributed by atoms with Gasteiger partial charge in [0, 0.05) is 39.6 Å². The third-order valence-corrected chi connectivity index (χ3v) is 5.69. The highest BCUT2D eigenvalue weighted by molar-refractivity contribution is 7.16. The van der Waals surface area contributed by atoms with Crippen LogP contribution in [0.15, 0.2) is 24.5 Å². The number of rotatable bonds is 6. The zero-order chi connectivity index (χ0) is 16.9. The van der Waals surface area contributed by atoms with Gasteiger partial charge in [0.2, 0.25) is 0 Å². The number of anilines is 1. The fourth-order valence-corrected chi connectivity index (χ4v) is 4.03. The SMILES string of the molecule is CN(C)c1nc(Cl)c(CN2CCC[C@H](OCc3cccnc3)C2)s1. The average molecular weight is 367 g/mol. The predicted octanol–water partition coefficient (Wildman–Crippen LogP) is 3.44. The Kier molecular flexibility index (Phi) is 6.05. The molecule has 7 heteroatoms. The van der Waals surface area contributed by atoms with Gasteiger partial charge in [-0.2, -0.15) is 0 Å². The molecule has 1 aliphatic rings. The lowest BCUT2D eigenvalue weighted by Crippen LogP contribution is -2.39. The van der Waals surface area contributed by atoms with Gasteiger partial charge in [0.1, 0.15) is 5.15 Å². The van der Waals surface area contributed by atoms with Crippen molar-refractivity contribution in [1.29, 1.82) is 0 Å². The van der Waals surface area contributed by atoms with Gasteiger partial charge in [0.25, 0.3) is 0 Å². The second-order valence-corrected chi connectivity index (χ2v) is 7.70. The molecule has 0 amide bonds. The maximum Gasteiger partial charge on any atom is 0.186 e. The van der Waals surface area contributed by atoms with Crippen LogP contribution in [0.4, 0.5) is 5.13 Å². The Hall–Kier alpha value is -1.21. The van der Waals surface area contributed by atoms with E-state index in [1.54, 1.807) is 17.5 Å². The van der Waals surface area contributed by atoms with E-state index in [2.05, 4.69) is 14.9 Å². The normalized spacial score (nSPS) is 18.7. The minimum atomic E-state index is 0.263. The van der Waals surface area contributed by atoms with E-state index in [9.17, 15) is 0 Å². The molecule has 0 aromatic carbocycles. The van der Waals surface area contributed by atoms with Crippen molar-refractivity contribution in [2.75, 3.05) is 32.1 Å². The van der Waals surface area contributed by atoms with Crippen LogP contribution in [-0.2, 0) is 17.9 Å². The van der Waals surface area contributed by atoms with Crippen LogP contribution in [-0.4, -0.2) is 48.2 Å². The summed E-state index contributed by atoms with van der Waals surface area (Å²) in [5.74, 6) is 0. The van der Waals surface area contributed by atoms with Gasteiger partial charge in [-0.3, -0.25) is 9.88 Å². The van der Waals surface area contributed by atoms with Crippen LogP contribution >= 0.6 is 22.9 Å². The highest BCUT2D eigenvalue weighted by atomic mass is 35.5. The third-order valence-electron chi connectivity index (χ3n) is 4.06. The van der Waals surface area contributed by atoms with Crippen molar-refractivity contribution in [2.24, 2.45) is 0 Å². The minimum absolute atomic E-state index is 0.263. The first-order chi connectivity index (χ1) is 11.6. The van der Waals surface area contributed by atoms with E-state index in [1.165, 1.54) is 0 Å². The van der Waals surface area contributed by atoms with E-state index in [0.29, 0.717) is 11.8 Å². The van der Waals surface area contributed by atoms with Crippen molar-refractivity contribution >= 4 is 28.1 Å². The van der Waals surface area contributed by atoms with Crippen LogP contribution in [0, 0.1) is 0 Å². The molecule has 0 radical (unpaired) electrons. The number of hydrogen-bond acceptors (Lipinski definition) is 6. The highest BCUT2D eigenvalue weighted by Crippen LogP contribution is 2.30. The fraction of sp³-hybridized carbons (Fsp3) is 0.529. The van der Waals surface area contributed by atoms with E-state index in [1.807, 2.05) is 37.3 Å². The standard InChI is InChI=1S/C17H23ClN4OS/c1-21(2)17-20-16(18)15(24-17)11-22-8-4-6-14(10-22)23-12-13-5-3-7-19-9-13/h3,5,7,9,14H,4,6,8,10-12H2,1-2H3/t14-/m0/s1. The quantitative estimate of drug-likeness (QED) is 0.783. The summed E-state index contributed by atoms with van der Waals surface area (Å²) in [6.45, 7) is 3.49. The first kappa shape index (κ1) is 17.6. The molecule has 2 aromatic rings. The Morgan fingerprint density at radius 1 is 1.46 bits per heavy atom. The van der Waals surface area contributed by atoms with Crippen LogP contribution in [0.3, 0.4) is 0 Å². The van der Waals surface area contributed by atoms with Crippen LogP contribution in [0.2, 0.25) is 5.15 Å². The molecule has 0 bridgehead atoms. The Bertz CT molecular complexity index is 649. The van der Waals surface area contributed by atoms with Crippen molar-refractivity contribution in [1.82, 2.24) is 14.9 Å². The van der Waals surface area contributed by atoms with Crippen LogP contribution in [0.25, 0.3) is 0 Å². The molecule has 130 valence electrons. The van der Waals surface area contributed by atoms with Crippen molar-refractivity contribution < 1.29 is 4.74 Å². The van der Waals surface area contributed by atoms with Gasteiger partial charge in [-0.05, 0) is 31.0 Å². The molecule has 3 rings (SSSR count). The van der Waals surface area contributed by atoms with Gasteiger partial charge in [-0.25, -0.2) is 4.98 Å². The summed E-state index contributed by atoms with van der Waals surface area (Å²) in [6.07, 6.45) is 6.16. The highest BCUT2D eigenvalue weighted by Gasteiger charge is 2.22. The molecule has 24 heavy (non-hydrogen) atoms. The molecule has 1 saturated heterocycles. The molecule has 0 aliphatic carbocycles. The van der Waals surface area contributed by atoms with Gasteiger partial charge in [-0.15, -0.1) is 0 Å². The summed E-state index contributed by atoms with van der Waals surface area (Å²) < 4.78 is 6.08. The number of aromatic nitrogens is 2. The van der Waals surface area contributed by atoms with Crippen LogP contribution in [0.5, 0.6) is 0 Å². The molecule has 1 atom stereocenters. The molecule has 0 unspecified atom stereocenters. The number of nitrogens with zero attached hydrogens (tertiary/aromatic N) is 4. The van der Waals surface area contributed by atoms with E-state index < -0.39 is 0 Å². The molecule has 2 aromatic heterocycles. The molecule has 5 nitrogen and oxygen atoms in total. The van der Waals surface area contributed by atoms with E-state index in [4.69, 9.17) is 16.3 Å². The van der Waals surface area contributed by atoms with Crippen molar-refractivity contribution in [3.8, 4) is 0 Å². The molecular formula is C17H23ClN4OS. The van der Waals surface area contributed by atoms with E-state index in [0.717, 1.165) is 48.0 Å². The van der Waals surface area contributed by atoms with Gasteiger partial charge < -0.3 is 9.64 Å². The van der Waals surface area contributed by atoms with E-state index in [-0.39, 0.29) is 6.10 Å². The molecule has 0 spiro atoms. The number of hydrogen-bond donors (Lipinski definition) is 0. The van der Waals surface area contributed by atoms with Crippen molar-refractivity contribution in [3.63, 3.8) is 0 Å². The topological polar surface area (TPSA) is 41.5 Å². The Morgan fingerprint density at radius 3 is 3.04 bits per heavy atom. The first-order valence-electron chi connectivity index (χ1n) is 8.17. The number of thiazole rings is 1. The van der Waals surface area contributed by atoms with Crippen molar-refractivity contribution in [2.45, 2.75) is 32.1 Å². The van der Waals surface area contributed by atoms with Crippen LogP contribution in [0.1, 0.15) is 23.3 Å². The molecule has 1 aliphatic heterocycles. The monoisotopic (exact) mass is 366 g/mol. The third kappa shape index (κ3) is 4.66. The number of likely N-dealkylation sites (tertiary alicyclic amines) is 1. The zero-order valence-corrected chi connectivity index (χ0v) is 15.7. The largest absolute Gasteiger partial charge is 0.372 e. The Morgan fingerprint density at radius 2 is 2.33 bits per heavy atom. The van der Waals surface area contributed by atoms with Gasteiger partial charge in [-0.1, -0.05) is 29.0 Å². The summed E-state index contributed by atoms with van der Waals surface area (Å²) in [5, 5.41) is 1.58. The van der Waals surface area contributed by atoms with Gasteiger partial charge in [0.05, 0.1) is 17.6 Å². The lowest BCUT2D eigenvalue weighted by molar-refractivity contribution is -0.0119. The summed E-state index contributed by atoms with van der Waals surface area (Å²) in [4.78, 5) is 14.1. The maximum absolute atomic E-state index is 6.29. The maximum atomic E-state index is 6.29. The zero-order valence-electron chi connectivity index (χ0n) is 14.1. The van der Waals surface area contributed by atoms with Crippen molar-refractivity contribution in [3.05, 3.63) is 40.1 Å². The molecule has 1 fully saturated rings. The minimum Gasteiger partial charge on any atom is -0.372 e. The number of ether oxygens (including phenoxy) is 1.